The van der Waals surface area contributed by atoms with Gasteiger partial charge in [0.1, 0.15) is 5.75 Å². The largest absolute Gasteiger partial charge is 0.467 e. The van der Waals surface area contributed by atoms with E-state index in [1.54, 1.807) is 0 Å². The van der Waals surface area contributed by atoms with E-state index in [2.05, 4.69) is 42.9 Å². The summed E-state index contributed by atoms with van der Waals surface area (Å²) in [5.74, 6) is 1.09. The summed E-state index contributed by atoms with van der Waals surface area (Å²) in [4.78, 5) is 12.3. The van der Waals surface area contributed by atoms with Gasteiger partial charge in [-0.2, -0.15) is 9.97 Å². The molecule has 0 spiro atoms. The lowest BCUT2D eigenvalue weighted by Gasteiger charge is -2.07. The van der Waals surface area contributed by atoms with Crippen LogP contribution in [0.4, 0.5) is 5.95 Å². The van der Waals surface area contributed by atoms with Crippen molar-refractivity contribution in [3.63, 3.8) is 0 Å². The maximum Gasteiger partial charge on any atom is 0.330 e. The smallest absolute Gasteiger partial charge is 0.330 e. The second-order valence-electron chi connectivity index (χ2n) is 3.51. The Labute approximate surface area is 124 Å². The molecule has 0 radical (unpaired) electrons. The zero-order valence-electron chi connectivity index (χ0n) is 10.6. The molecule has 1 N–H and O–H groups in total. The van der Waals surface area contributed by atoms with Crippen molar-refractivity contribution in [3.05, 3.63) is 27.8 Å². The molecule has 100 valence electrons. The van der Waals surface area contributed by atoms with Crippen molar-refractivity contribution in [2.24, 2.45) is 0 Å². The lowest BCUT2D eigenvalue weighted by atomic mass is 10.3. The molecule has 2 aromatic rings. The van der Waals surface area contributed by atoms with Gasteiger partial charge in [-0.3, -0.25) is 0 Å². The molecule has 1 heterocycles. The molecular formula is C12H13IN4O2. The molecule has 0 aliphatic heterocycles. The molecule has 0 saturated carbocycles. The van der Waals surface area contributed by atoms with Gasteiger partial charge >= 0.3 is 12.0 Å². The first-order valence-corrected chi connectivity index (χ1v) is 6.76. The number of aromatic nitrogens is 3. The van der Waals surface area contributed by atoms with Crippen LogP contribution in [0.5, 0.6) is 17.8 Å². The third-order valence-electron chi connectivity index (χ3n) is 2.13. The summed E-state index contributed by atoms with van der Waals surface area (Å²) in [7, 11) is 1.50. The number of nitrogens with one attached hydrogen (secondary N) is 1. The Morgan fingerprint density at radius 2 is 1.79 bits per heavy atom. The number of benzene rings is 1. The molecule has 0 unspecified atom stereocenters. The Bertz CT molecular complexity index is 548. The van der Waals surface area contributed by atoms with Gasteiger partial charge in [-0.05, 0) is 53.8 Å². The molecule has 0 fully saturated rings. The number of hydrogen-bond donors (Lipinski definition) is 1. The van der Waals surface area contributed by atoms with Crippen LogP contribution < -0.4 is 14.8 Å². The van der Waals surface area contributed by atoms with Crippen molar-refractivity contribution in [1.82, 2.24) is 15.0 Å². The van der Waals surface area contributed by atoms with E-state index in [4.69, 9.17) is 9.47 Å². The summed E-state index contributed by atoms with van der Waals surface area (Å²) >= 11 is 2.23. The normalized spacial score (nSPS) is 10.1. The number of methoxy groups -OCH3 is 1. The minimum absolute atomic E-state index is 0.198. The van der Waals surface area contributed by atoms with E-state index in [1.807, 2.05) is 31.2 Å². The fourth-order valence-electron chi connectivity index (χ4n) is 1.32. The maximum absolute atomic E-state index is 5.58. The van der Waals surface area contributed by atoms with E-state index < -0.39 is 0 Å². The average Bonchev–Trinajstić information content (AvgIpc) is 2.41. The monoisotopic (exact) mass is 372 g/mol. The van der Waals surface area contributed by atoms with Gasteiger partial charge < -0.3 is 14.8 Å². The molecule has 1 aromatic heterocycles. The molecule has 6 nitrogen and oxygen atoms in total. The summed E-state index contributed by atoms with van der Waals surface area (Å²) in [6.07, 6.45) is 0. The summed E-state index contributed by atoms with van der Waals surface area (Å²) in [5, 5.41) is 2.99. The predicted molar refractivity (Wildman–Crippen MR) is 79.8 cm³/mol. The Hall–Kier alpha value is -1.64. The summed E-state index contributed by atoms with van der Waals surface area (Å²) in [6, 6.07) is 8.00. The number of anilines is 1. The first kappa shape index (κ1) is 13.8. The standard InChI is InChI=1S/C12H13IN4O2/c1-3-14-10-15-11(18-2)17-12(16-10)19-9-6-4-8(13)5-7-9/h4-7H,3H2,1-2H3,(H,14,15,16,17). The molecule has 0 aliphatic carbocycles. The highest BCUT2D eigenvalue weighted by Gasteiger charge is 2.08. The van der Waals surface area contributed by atoms with Gasteiger partial charge in [-0.25, -0.2) is 0 Å². The maximum atomic E-state index is 5.58. The summed E-state index contributed by atoms with van der Waals surface area (Å²) in [5.41, 5.74) is 0. The zero-order chi connectivity index (χ0) is 13.7. The molecular weight excluding hydrogens is 359 g/mol. The molecule has 19 heavy (non-hydrogen) atoms. The molecule has 0 amide bonds. The summed E-state index contributed by atoms with van der Waals surface area (Å²) < 4.78 is 11.7. The fourth-order valence-corrected chi connectivity index (χ4v) is 1.68. The summed E-state index contributed by atoms with van der Waals surface area (Å²) in [6.45, 7) is 2.66. The van der Waals surface area contributed by atoms with Gasteiger partial charge in [-0.15, -0.1) is 4.98 Å². The van der Waals surface area contributed by atoms with E-state index in [-0.39, 0.29) is 12.0 Å². The highest BCUT2D eigenvalue weighted by Crippen LogP contribution is 2.21. The number of nitrogens with zero attached hydrogens (tertiary/aromatic N) is 3. The van der Waals surface area contributed by atoms with Crippen molar-refractivity contribution >= 4 is 28.5 Å². The lowest BCUT2D eigenvalue weighted by Crippen LogP contribution is -2.06. The van der Waals surface area contributed by atoms with Crippen molar-refractivity contribution in [2.75, 3.05) is 19.0 Å². The second-order valence-corrected chi connectivity index (χ2v) is 4.76. The molecule has 7 heteroatoms. The Balaban J connectivity index is 2.23. The number of rotatable bonds is 5. The first-order chi connectivity index (χ1) is 9.21. The van der Waals surface area contributed by atoms with E-state index in [9.17, 15) is 0 Å². The molecule has 0 saturated heterocycles. The van der Waals surface area contributed by atoms with Crippen molar-refractivity contribution in [3.8, 4) is 17.8 Å². The molecule has 1 aromatic carbocycles. The van der Waals surface area contributed by atoms with Crippen LogP contribution in [0.2, 0.25) is 0 Å². The molecule has 0 aliphatic rings. The van der Waals surface area contributed by atoms with Crippen LogP contribution in [-0.2, 0) is 0 Å². The van der Waals surface area contributed by atoms with E-state index in [0.29, 0.717) is 18.2 Å². The van der Waals surface area contributed by atoms with Gasteiger partial charge in [0, 0.05) is 10.1 Å². The zero-order valence-corrected chi connectivity index (χ0v) is 12.7. The van der Waals surface area contributed by atoms with Crippen molar-refractivity contribution < 1.29 is 9.47 Å². The Kier molecular flexibility index (Phi) is 4.72. The second kappa shape index (κ2) is 6.50. The lowest BCUT2D eigenvalue weighted by molar-refractivity contribution is 0.360. The van der Waals surface area contributed by atoms with E-state index >= 15 is 0 Å². The van der Waals surface area contributed by atoms with Gasteiger partial charge in [-0.1, -0.05) is 0 Å². The predicted octanol–water partition coefficient (Wildman–Crippen LogP) is 2.71. The van der Waals surface area contributed by atoms with Crippen LogP contribution >= 0.6 is 22.6 Å². The topological polar surface area (TPSA) is 69.2 Å². The minimum atomic E-state index is 0.198. The number of hydrogen-bond acceptors (Lipinski definition) is 6. The van der Waals surface area contributed by atoms with E-state index in [0.717, 1.165) is 3.57 Å². The third-order valence-corrected chi connectivity index (χ3v) is 2.85. The van der Waals surface area contributed by atoms with Crippen LogP contribution in [-0.4, -0.2) is 28.6 Å². The Morgan fingerprint density at radius 3 is 2.42 bits per heavy atom. The van der Waals surface area contributed by atoms with Crippen LogP contribution in [0.25, 0.3) is 0 Å². The van der Waals surface area contributed by atoms with Crippen molar-refractivity contribution in [2.45, 2.75) is 6.92 Å². The SMILES string of the molecule is CCNc1nc(OC)nc(Oc2ccc(I)cc2)n1. The van der Waals surface area contributed by atoms with Crippen LogP contribution in [0.3, 0.4) is 0 Å². The highest BCUT2D eigenvalue weighted by molar-refractivity contribution is 14.1. The van der Waals surface area contributed by atoms with Gasteiger partial charge in [0.15, 0.2) is 0 Å². The fraction of sp³-hybridized carbons (Fsp3) is 0.250. The highest BCUT2D eigenvalue weighted by atomic mass is 127. The first-order valence-electron chi connectivity index (χ1n) is 5.68. The average molecular weight is 372 g/mol. The Morgan fingerprint density at radius 1 is 1.11 bits per heavy atom. The third kappa shape index (κ3) is 3.91. The number of ether oxygens (including phenoxy) is 2. The van der Waals surface area contributed by atoms with E-state index in [1.165, 1.54) is 7.11 Å². The van der Waals surface area contributed by atoms with Gasteiger partial charge in [0.05, 0.1) is 7.11 Å². The van der Waals surface area contributed by atoms with Crippen LogP contribution in [0, 0.1) is 3.57 Å². The quantitative estimate of drug-likeness (QED) is 0.815. The molecule has 2 rings (SSSR count). The molecule has 0 bridgehead atoms. The van der Waals surface area contributed by atoms with Crippen LogP contribution in [0.1, 0.15) is 6.92 Å². The minimum Gasteiger partial charge on any atom is -0.467 e. The van der Waals surface area contributed by atoms with Crippen LogP contribution in [0.15, 0.2) is 24.3 Å². The van der Waals surface area contributed by atoms with Crippen molar-refractivity contribution in [1.29, 1.82) is 0 Å². The number of halogens is 1. The van der Waals surface area contributed by atoms with Gasteiger partial charge in [0.25, 0.3) is 0 Å². The molecule has 0 atom stereocenters. The van der Waals surface area contributed by atoms with Gasteiger partial charge in [0.2, 0.25) is 5.95 Å².